The number of nitro groups is 1. The van der Waals surface area contributed by atoms with Gasteiger partial charge in [-0.25, -0.2) is 0 Å². The maximum absolute atomic E-state index is 10.9. The second-order valence-electron chi connectivity index (χ2n) is 3.98. The van der Waals surface area contributed by atoms with E-state index in [9.17, 15) is 10.1 Å². The Morgan fingerprint density at radius 3 is 3.12 bits per heavy atom. The number of aryl methyl sites for hydroxylation is 1. The van der Waals surface area contributed by atoms with Crippen LogP contribution >= 0.6 is 0 Å². The first-order chi connectivity index (χ1) is 7.65. The summed E-state index contributed by atoms with van der Waals surface area (Å²) in [5.41, 5.74) is 5.67. The number of hydrogen-bond donors (Lipinski definition) is 1. The van der Waals surface area contributed by atoms with Crippen LogP contribution in [-0.2, 0) is 7.05 Å². The first-order valence-electron chi connectivity index (χ1n) is 5.27. The van der Waals surface area contributed by atoms with Crippen molar-refractivity contribution in [2.75, 3.05) is 18.0 Å². The van der Waals surface area contributed by atoms with Crippen molar-refractivity contribution in [1.82, 2.24) is 9.55 Å². The van der Waals surface area contributed by atoms with Crippen molar-refractivity contribution in [3.63, 3.8) is 0 Å². The highest BCUT2D eigenvalue weighted by molar-refractivity contribution is 5.56. The van der Waals surface area contributed by atoms with Gasteiger partial charge in [-0.3, -0.25) is 4.57 Å². The summed E-state index contributed by atoms with van der Waals surface area (Å²) in [6.07, 6.45) is 3.47. The molecule has 1 atom stereocenters. The number of nitrogens with zero attached hydrogens (tertiary/aromatic N) is 4. The van der Waals surface area contributed by atoms with Gasteiger partial charge < -0.3 is 20.7 Å². The fraction of sp³-hybridized carbons (Fsp3) is 0.667. The van der Waals surface area contributed by atoms with Crippen LogP contribution in [0, 0.1) is 10.1 Å². The second-order valence-corrected chi connectivity index (χ2v) is 3.98. The molecule has 16 heavy (non-hydrogen) atoms. The highest BCUT2D eigenvalue weighted by Gasteiger charge is 2.32. The Labute approximate surface area is 93.0 Å². The van der Waals surface area contributed by atoms with Crippen molar-refractivity contribution in [2.45, 2.75) is 18.9 Å². The molecule has 1 unspecified atom stereocenters. The summed E-state index contributed by atoms with van der Waals surface area (Å²) in [4.78, 5) is 16.2. The number of aromatic nitrogens is 2. The van der Waals surface area contributed by atoms with Gasteiger partial charge >= 0.3 is 5.82 Å². The maximum atomic E-state index is 10.9. The summed E-state index contributed by atoms with van der Waals surface area (Å²) in [5.74, 6) is 0.487. The molecule has 2 heterocycles. The van der Waals surface area contributed by atoms with Crippen LogP contribution in [0.5, 0.6) is 0 Å². The summed E-state index contributed by atoms with van der Waals surface area (Å²) in [7, 11) is 1.77. The minimum Gasteiger partial charge on any atom is -0.358 e. The van der Waals surface area contributed by atoms with E-state index in [1.54, 1.807) is 11.6 Å². The fourth-order valence-corrected chi connectivity index (χ4v) is 2.23. The van der Waals surface area contributed by atoms with Gasteiger partial charge in [0, 0.05) is 26.2 Å². The van der Waals surface area contributed by atoms with E-state index in [0.29, 0.717) is 12.4 Å². The third-order valence-electron chi connectivity index (χ3n) is 2.98. The molecule has 7 heteroatoms. The number of hydrogen-bond acceptors (Lipinski definition) is 5. The third-order valence-corrected chi connectivity index (χ3v) is 2.98. The molecule has 7 nitrogen and oxygen atoms in total. The zero-order valence-corrected chi connectivity index (χ0v) is 9.17. The van der Waals surface area contributed by atoms with Crippen LogP contribution in [-0.4, -0.2) is 33.6 Å². The lowest BCUT2D eigenvalue weighted by atomic mass is 10.2. The molecule has 2 rings (SSSR count). The molecule has 1 saturated heterocycles. The molecule has 88 valence electrons. The molecule has 1 aliphatic heterocycles. The molecule has 1 aromatic rings. The van der Waals surface area contributed by atoms with Gasteiger partial charge in [0.25, 0.3) is 0 Å². The molecular formula is C9H15N5O2. The van der Waals surface area contributed by atoms with E-state index in [1.807, 2.05) is 4.90 Å². The number of anilines is 1. The fourth-order valence-electron chi connectivity index (χ4n) is 2.23. The molecule has 2 N–H and O–H groups in total. The summed E-state index contributed by atoms with van der Waals surface area (Å²) in [6, 6.07) is 0.189. The Morgan fingerprint density at radius 2 is 2.50 bits per heavy atom. The molecule has 1 aromatic heterocycles. The van der Waals surface area contributed by atoms with E-state index in [0.717, 1.165) is 19.4 Å². The van der Waals surface area contributed by atoms with Crippen molar-refractivity contribution in [2.24, 2.45) is 12.8 Å². The molecule has 0 radical (unpaired) electrons. The van der Waals surface area contributed by atoms with E-state index >= 15 is 0 Å². The molecule has 0 saturated carbocycles. The lowest BCUT2D eigenvalue weighted by molar-refractivity contribution is -0.388. The van der Waals surface area contributed by atoms with Crippen LogP contribution in [0.1, 0.15) is 12.8 Å². The van der Waals surface area contributed by atoms with E-state index in [1.165, 1.54) is 6.33 Å². The molecule has 0 bridgehead atoms. The van der Waals surface area contributed by atoms with Crippen LogP contribution in [0.25, 0.3) is 0 Å². The molecule has 1 aliphatic rings. The molecular weight excluding hydrogens is 210 g/mol. The number of nitrogens with two attached hydrogens (primary N) is 1. The van der Waals surface area contributed by atoms with Crippen LogP contribution in [0.3, 0.4) is 0 Å². The van der Waals surface area contributed by atoms with Gasteiger partial charge in [-0.2, -0.15) is 0 Å². The van der Waals surface area contributed by atoms with Gasteiger partial charge in [0.05, 0.1) is 0 Å². The van der Waals surface area contributed by atoms with E-state index < -0.39 is 4.92 Å². The zero-order chi connectivity index (χ0) is 11.7. The quantitative estimate of drug-likeness (QED) is 0.588. The highest BCUT2D eigenvalue weighted by Crippen LogP contribution is 2.31. The average Bonchev–Trinajstić information content (AvgIpc) is 2.82. The first kappa shape index (κ1) is 10.9. The zero-order valence-electron chi connectivity index (χ0n) is 9.17. The lowest BCUT2D eigenvalue weighted by Gasteiger charge is -2.24. The Kier molecular flexibility index (Phi) is 2.78. The summed E-state index contributed by atoms with van der Waals surface area (Å²) >= 11 is 0. The molecule has 0 aliphatic carbocycles. The second kappa shape index (κ2) is 4.09. The predicted octanol–water partition coefficient (Wildman–Crippen LogP) is 0.256. The Balaban J connectivity index is 2.38. The van der Waals surface area contributed by atoms with Gasteiger partial charge in [-0.1, -0.05) is 0 Å². The minimum atomic E-state index is -0.443. The van der Waals surface area contributed by atoms with Crippen molar-refractivity contribution >= 4 is 11.6 Å². The van der Waals surface area contributed by atoms with Gasteiger partial charge in [0.15, 0.2) is 0 Å². The first-order valence-corrected chi connectivity index (χ1v) is 5.27. The molecule has 0 aromatic carbocycles. The SMILES string of the molecule is Cn1cnc([N+](=O)[O-])c1N1CCCC1CN. The van der Waals surface area contributed by atoms with E-state index in [4.69, 9.17) is 5.73 Å². The van der Waals surface area contributed by atoms with E-state index in [-0.39, 0.29) is 11.9 Å². The van der Waals surface area contributed by atoms with Crippen LogP contribution in [0.15, 0.2) is 6.33 Å². The van der Waals surface area contributed by atoms with E-state index in [2.05, 4.69) is 4.98 Å². The largest absolute Gasteiger partial charge is 0.406 e. The predicted molar refractivity (Wildman–Crippen MR) is 59.3 cm³/mol. The summed E-state index contributed by atoms with van der Waals surface area (Å²) in [6.45, 7) is 1.32. The number of rotatable bonds is 3. The Morgan fingerprint density at radius 1 is 1.75 bits per heavy atom. The minimum absolute atomic E-state index is 0.0807. The lowest BCUT2D eigenvalue weighted by Crippen LogP contribution is -2.36. The number of imidazole rings is 1. The Bertz CT molecular complexity index is 403. The monoisotopic (exact) mass is 225 g/mol. The van der Waals surface area contributed by atoms with Crippen molar-refractivity contribution < 1.29 is 4.92 Å². The van der Waals surface area contributed by atoms with Gasteiger partial charge in [0.2, 0.25) is 12.1 Å². The van der Waals surface area contributed by atoms with Crippen molar-refractivity contribution in [3.8, 4) is 0 Å². The molecule has 0 amide bonds. The standard InChI is InChI=1S/C9H15N5O2/c1-12-6-11-8(14(15)16)9(12)13-4-2-3-7(13)5-10/h6-7H,2-5,10H2,1H3. The topological polar surface area (TPSA) is 90.2 Å². The summed E-state index contributed by atoms with van der Waals surface area (Å²) in [5, 5.41) is 10.9. The van der Waals surface area contributed by atoms with Crippen molar-refractivity contribution in [3.05, 3.63) is 16.4 Å². The summed E-state index contributed by atoms with van der Waals surface area (Å²) < 4.78 is 1.69. The normalized spacial score (nSPS) is 20.4. The molecule has 1 fully saturated rings. The van der Waals surface area contributed by atoms with Gasteiger partial charge in [-0.05, 0) is 22.7 Å². The third kappa shape index (κ3) is 1.63. The van der Waals surface area contributed by atoms with Crippen LogP contribution in [0.4, 0.5) is 11.6 Å². The average molecular weight is 225 g/mol. The van der Waals surface area contributed by atoms with Gasteiger partial charge in [-0.15, -0.1) is 0 Å². The Hall–Kier alpha value is -1.63. The van der Waals surface area contributed by atoms with Crippen LogP contribution in [0.2, 0.25) is 0 Å². The highest BCUT2D eigenvalue weighted by atomic mass is 16.6. The maximum Gasteiger partial charge on any atom is 0.406 e. The smallest absolute Gasteiger partial charge is 0.358 e. The van der Waals surface area contributed by atoms with Crippen LogP contribution < -0.4 is 10.6 Å². The molecule has 0 spiro atoms. The van der Waals surface area contributed by atoms with Crippen molar-refractivity contribution in [1.29, 1.82) is 0 Å². The van der Waals surface area contributed by atoms with Gasteiger partial charge in [0.1, 0.15) is 0 Å².